The number of nitrogens with zero attached hydrogens (tertiary/aromatic N) is 2. The minimum Gasteiger partial charge on any atom is -0.334 e. The van der Waals surface area contributed by atoms with E-state index < -0.39 is 0 Å². The van der Waals surface area contributed by atoms with Gasteiger partial charge in [0.05, 0.1) is 11.8 Å². The minimum absolute atomic E-state index is 0.0747. The Morgan fingerprint density at radius 1 is 1.30 bits per heavy atom. The van der Waals surface area contributed by atoms with Gasteiger partial charge >= 0.3 is 0 Å². The largest absolute Gasteiger partial charge is 0.334 e. The summed E-state index contributed by atoms with van der Waals surface area (Å²) in [4.78, 5) is 38.3. The first-order valence-electron chi connectivity index (χ1n) is 6.10. The van der Waals surface area contributed by atoms with Crippen molar-refractivity contribution in [2.75, 3.05) is 18.8 Å². The van der Waals surface area contributed by atoms with Crippen molar-refractivity contribution in [2.45, 2.75) is 6.04 Å². The molecule has 3 amide bonds. The van der Waals surface area contributed by atoms with Crippen molar-refractivity contribution in [3.8, 4) is 0 Å². The summed E-state index contributed by atoms with van der Waals surface area (Å²) in [5, 5.41) is -0.199. The van der Waals surface area contributed by atoms with Gasteiger partial charge in [0.1, 0.15) is 0 Å². The van der Waals surface area contributed by atoms with Gasteiger partial charge in [-0.05, 0) is 18.2 Å². The van der Waals surface area contributed by atoms with Gasteiger partial charge < -0.3 is 4.90 Å². The third-order valence-electron chi connectivity index (χ3n) is 3.37. The molecule has 2 saturated heterocycles. The average Bonchev–Trinajstić information content (AvgIpc) is 2.69. The van der Waals surface area contributed by atoms with Crippen molar-refractivity contribution in [2.24, 2.45) is 0 Å². The fourth-order valence-electron chi connectivity index (χ4n) is 2.31. The molecule has 0 bridgehead atoms. The summed E-state index contributed by atoms with van der Waals surface area (Å²) < 4.78 is 0.849. The number of halogens is 1. The van der Waals surface area contributed by atoms with E-state index in [0.717, 1.165) is 16.2 Å². The van der Waals surface area contributed by atoms with Crippen molar-refractivity contribution in [1.82, 2.24) is 9.80 Å². The summed E-state index contributed by atoms with van der Waals surface area (Å²) >= 11 is 4.36. The summed E-state index contributed by atoms with van der Waals surface area (Å²) in [5.41, 5.74) is 0.603. The number of imide groups is 1. The molecule has 0 radical (unpaired) electrons. The Kier molecular flexibility index (Phi) is 3.55. The summed E-state index contributed by atoms with van der Waals surface area (Å²) in [5.74, 6) is -0.0107. The molecule has 0 atom stereocenters. The molecule has 2 aliphatic heterocycles. The molecule has 1 aromatic rings. The lowest BCUT2D eigenvalue weighted by Crippen LogP contribution is -2.62. The van der Waals surface area contributed by atoms with E-state index in [1.165, 1.54) is 4.90 Å². The number of carbonyl (C=O) groups is 3. The van der Waals surface area contributed by atoms with Gasteiger partial charge in [-0.3, -0.25) is 19.3 Å². The number of carbonyl (C=O) groups excluding carboxylic acids is 3. The van der Waals surface area contributed by atoms with Gasteiger partial charge in [-0.1, -0.05) is 33.8 Å². The van der Waals surface area contributed by atoms with Crippen molar-refractivity contribution in [1.29, 1.82) is 0 Å². The topological polar surface area (TPSA) is 57.7 Å². The number of hydrogen-bond donors (Lipinski definition) is 0. The van der Waals surface area contributed by atoms with Crippen molar-refractivity contribution >= 4 is 44.7 Å². The highest BCUT2D eigenvalue weighted by Gasteiger charge is 2.43. The quantitative estimate of drug-likeness (QED) is 0.814. The van der Waals surface area contributed by atoms with Gasteiger partial charge in [0.2, 0.25) is 5.91 Å². The van der Waals surface area contributed by atoms with E-state index in [2.05, 4.69) is 15.9 Å². The Morgan fingerprint density at radius 3 is 2.65 bits per heavy atom. The zero-order valence-corrected chi connectivity index (χ0v) is 12.8. The predicted octanol–water partition coefficient (Wildman–Crippen LogP) is 1.97. The first-order chi connectivity index (χ1) is 9.56. The molecule has 2 heterocycles. The molecule has 0 spiro atoms. The van der Waals surface area contributed by atoms with Gasteiger partial charge in [-0.25, -0.2) is 0 Å². The standard InChI is InChI=1S/C13H11BrN2O3S/c14-9-3-1-2-8(4-9)12(18)15-5-10(6-15)16-11(17)7-20-13(16)19/h1-4,10H,5-7H2. The number of hydrogen-bond acceptors (Lipinski definition) is 4. The molecule has 0 saturated carbocycles. The zero-order chi connectivity index (χ0) is 14.3. The number of rotatable bonds is 2. The van der Waals surface area contributed by atoms with Crippen LogP contribution in [0.5, 0.6) is 0 Å². The first kappa shape index (κ1) is 13.6. The van der Waals surface area contributed by atoms with E-state index in [-0.39, 0.29) is 28.8 Å². The Bertz CT molecular complexity index is 585. The second kappa shape index (κ2) is 5.21. The van der Waals surface area contributed by atoms with E-state index in [0.29, 0.717) is 18.7 Å². The monoisotopic (exact) mass is 354 g/mol. The molecule has 104 valence electrons. The van der Waals surface area contributed by atoms with Crippen LogP contribution in [0.4, 0.5) is 4.79 Å². The number of thioether (sulfide) groups is 1. The highest BCUT2D eigenvalue weighted by molar-refractivity contribution is 9.10. The fourth-order valence-corrected chi connectivity index (χ4v) is 3.48. The number of benzene rings is 1. The fraction of sp³-hybridized carbons (Fsp3) is 0.308. The molecule has 2 aliphatic rings. The van der Waals surface area contributed by atoms with Gasteiger partial charge in [-0.15, -0.1) is 0 Å². The molecule has 2 fully saturated rings. The molecule has 0 N–H and O–H groups in total. The van der Waals surface area contributed by atoms with E-state index >= 15 is 0 Å². The maximum absolute atomic E-state index is 12.2. The number of amides is 3. The van der Waals surface area contributed by atoms with Gasteiger partial charge in [0.25, 0.3) is 11.1 Å². The third-order valence-corrected chi connectivity index (χ3v) is 4.70. The minimum atomic E-state index is -0.199. The van der Waals surface area contributed by atoms with Crippen molar-refractivity contribution in [3.63, 3.8) is 0 Å². The predicted molar refractivity (Wildman–Crippen MR) is 78.5 cm³/mol. The maximum atomic E-state index is 12.2. The van der Waals surface area contributed by atoms with Gasteiger partial charge in [-0.2, -0.15) is 0 Å². The third kappa shape index (κ3) is 2.35. The average molecular weight is 355 g/mol. The molecule has 1 aromatic carbocycles. The Morgan fingerprint density at radius 2 is 2.05 bits per heavy atom. The van der Waals surface area contributed by atoms with Crippen LogP contribution in [-0.2, 0) is 4.79 Å². The van der Waals surface area contributed by atoms with Crippen LogP contribution in [0.25, 0.3) is 0 Å². The van der Waals surface area contributed by atoms with Crippen LogP contribution in [0.3, 0.4) is 0 Å². The molecule has 3 rings (SSSR count). The summed E-state index contributed by atoms with van der Waals surface area (Å²) in [7, 11) is 0. The highest BCUT2D eigenvalue weighted by Crippen LogP contribution is 2.27. The SMILES string of the molecule is O=C(c1cccc(Br)c1)N1CC(N2C(=O)CSC2=O)C1. The summed E-state index contributed by atoms with van der Waals surface area (Å²) in [6.45, 7) is 0.840. The van der Waals surface area contributed by atoms with Crippen LogP contribution in [-0.4, -0.2) is 51.7 Å². The van der Waals surface area contributed by atoms with E-state index in [1.807, 2.05) is 6.07 Å². The smallest absolute Gasteiger partial charge is 0.289 e. The summed E-state index contributed by atoms with van der Waals surface area (Å²) in [6.07, 6.45) is 0. The lowest BCUT2D eigenvalue weighted by atomic mass is 10.1. The molecular weight excluding hydrogens is 344 g/mol. The van der Waals surface area contributed by atoms with Crippen LogP contribution in [0.2, 0.25) is 0 Å². The Hall–Kier alpha value is -1.34. The molecule has 7 heteroatoms. The van der Waals surface area contributed by atoms with E-state index in [4.69, 9.17) is 0 Å². The lowest BCUT2D eigenvalue weighted by molar-refractivity contribution is -0.128. The molecule has 0 aromatic heterocycles. The van der Waals surface area contributed by atoms with Crippen LogP contribution in [0, 0.1) is 0 Å². The maximum Gasteiger partial charge on any atom is 0.289 e. The number of likely N-dealkylation sites (tertiary alicyclic amines) is 1. The van der Waals surface area contributed by atoms with Crippen LogP contribution < -0.4 is 0 Å². The second-order valence-electron chi connectivity index (χ2n) is 4.69. The Labute approximate surface area is 128 Å². The second-order valence-corrected chi connectivity index (χ2v) is 6.53. The lowest BCUT2D eigenvalue weighted by Gasteiger charge is -2.42. The molecule has 5 nitrogen and oxygen atoms in total. The van der Waals surface area contributed by atoms with Crippen LogP contribution >= 0.6 is 27.7 Å². The molecule has 0 unspecified atom stereocenters. The summed E-state index contributed by atoms with van der Waals surface area (Å²) in [6, 6.07) is 7.01. The first-order valence-corrected chi connectivity index (χ1v) is 7.88. The zero-order valence-electron chi connectivity index (χ0n) is 10.4. The molecule has 20 heavy (non-hydrogen) atoms. The van der Waals surface area contributed by atoms with E-state index in [1.54, 1.807) is 23.1 Å². The van der Waals surface area contributed by atoms with Crippen LogP contribution in [0.15, 0.2) is 28.7 Å². The van der Waals surface area contributed by atoms with Crippen molar-refractivity contribution in [3.05, 3.63) is 34.3 Å². The molecular formula is C13H11BrN2O3S. The molecule has 0 aliphatic carbocycles. The van der Waals surface area contributed by atoms with Crippen LogP contribution in [0.1, 0.15) is 10.4 Å². The van der Waals surface area contributed by atoms with Gasteiger partial charge in [0.15, 0.2) is 0 Å². The Balaban J connectivity index is 1.64. The highest BCUT2D eigenvalue weighted by atomic mass is 79.9. The normalized spacial score (nSPS) is 19.4. The van der Waals surface area contributed by atoms with Crippen molar-refractivity contribution < 1.29 is 14.4 Å². The van der Waals surface area contributed by atoms with Gasteiger partial charge in [0, 0.05) is 23.1 Å². The van der Waals surface area contributed by atoms with E-state index in [9.17, 15) is 14.4 Å².